The van der Waals surface area contributed by atoms with Crippen LogP contribution >= 0.6 is 11.6 Å². The predicted molar refractivity (Wildman–Crippen MR) is 125 cm³/mol. The van der Waals surface area contributed by atoms with Gasteiger partial charge in [0.2, 0.25) is 11.2 Å². The Kier molecular flexibility index (Phi) is 6.81. The maximum Gasteiger partial charge on any atom is 0.453 e. The highest BCUT2D eigenvalue weighted by atomic mass is 35.5. The second-order valence-electron chi connectivity index (χ2n) is 7.25. The summed E-state index contributed by atoms with van der Waals surface area (Å²) in [5.41, 5.74) is -1.39. The highest BCUT2D eigenvalue weighted by molar-refractivity contribution is 6.32. The van der Waals surface area contributed by atoms with E-state index in [1.54, 1.807) is 42.5 Å². The first-order chi connectivity index (χ1) is 17.2. The van der Waals surface area contributed by atoms with Crippen molar-refractivity contribution in [2.75, 3.05) is 0 Å². The normalized spacial score (nSPS) is 11.7. The average molecular weight is 512 g/mol. The van der Waals surface area contributed by atoms with E-state index in [1.807, 2.05) is 0 Å². The molecule has 0 bridgehead atoms. The van der Waals surface area contributed by atoms with Gasteiger partial charge < -0.3 is 13.9 Å². The van der Waals surface area contributed by atoms with Crippen molar-refractivity contribution in [2.24, 2.45) is 0 Å². The summed E-state index contributed by atoms with van der Waals surface area (Å²) in [6.45, 7) is 0. The molecule has 0 aliphatic carbocycles. The summed E-state index contributed by atoms with van der Waals surface area (Å²) in [5.74, 6) is -4.23. The summed E-state index contributed by atoms with van der Waals surface area (Å²) < 4.78 is 56.6. The second kappa shape index (κ2) is 9.98. The van der Waals surface area contributed by atoms with Crippen LogP contribution in [0.1, 0.15) is 11.3 Å². The number of carbonyl (C=O) groups is 1. The molecule has 1 heterocycles. The van der Waals surface area contributed by atoms with Gasteiger partial charge in [-0.05, 0) is 35.9 Å². The summed E-state index contributed by atoms with van der Waals surface area (Å²) in [6.07, 6.45) is -3.80. The zero-order chi connectivity index (χ0) is 25.9. The maximum atomic E-state index is 13.8. The monoisotopic (exact) mass is 511 g/mol. The molecular formula is C26H13ClF3NO5. The minimum Gasteiger partial charge on any atom is -0.448 e. The highest BCUT2D eigenvalue weighted by Gasteiger charge is 2.40. The SMILES string of the molecule is N#C/C(=C\c1ccccc1)C(=O)Oc1ccc2c(=O)c(Oc3ccccc3Cl)c(C(F)(F)F)oc2c1. The minimum atomic E-state index is -5.09. The van der Waals surface area contributed by atoms with Gasteiger partial charge in [-0.3, -0.25) is 4.79 Å². The molecule has 10 heteroatoms. The second-order valence-corrected chi connectivity index (χ2v) is 7.65. The van der Waals surface area contributed by atoms with Crippen molar-refractivity contribution in [3.05, 3.63) is 105 Å². The van der Waals surface area contributed by atoms with E-state index in [4.69, 9.17) is 25.5 Å². The molecule has 0 spiro atoms. The fraction of sp³-hybridized carbons (Fsp3) is 0.0385. The van der Waals surface area contributed by atoms with Gasteiger partial charge in [-0.1, -0.05) is 54.1 Å². The molecule has 3 aromatic carbocycles. The summed E-state index contributed by atoms with van der Waals surface area (Å²) >= 11 is 5.95. The van der Waals surface area contributed by atoms with Crippen molar-refractivity contribution in [1.29, 1.82) is 5.26 Å². The van der Waals surface area contributed by atoms with E-state index in [9.17, 15) is 28.0 Å². The van der Waals surface area contributed by atoms with E-state index in [1.165, 1.54) is 30.3 Å². The fourth-order valence-electron chi connectivity index (χ4n) is 3.15. The molecule has 0 amide bonds. The number of fused-ring (bicyclic) bond motifs is 1. The largest absolute Gasteiger partial charge is 0.453 e. The molecule has 4 aromatic rings. The number of esters is 1. The maximum absolute atomic E-state index is 13.8. The summed E-state index contributed by atoms with van der Waals surface area (Å²) in [4.78, 5) is 25.4. The van der Waals surface area contributed by atoms with Crippen LogP contribution in [0.25, 0.3) is 17.0 Å². The predicted octanol–water partition coefficient (Wildman–Crippen LogP) is 6.77. The van der Waals surface area contributed by atoms with Crippen molar-refractivity contribution < 1.29 is 31.9 Å². The van der Waals surface area contributed by atoms with Gasteiger partial charge in [-0.25, -0.2) is 4.79 Å². The lowest BCUT2D eigenvalue weighted by atomic mass is 10.1. The van der Waals surface area contributed by atoms with Crippen LogP contribution in [0, 0.1) is 11.3 Å². The molecule has 0 saturated carbocycles. The Morgan fingerprint density at radius 2 is 1.72 bits per heavy atom. The molecule has 0 atom stereocenters. The zero-order valence-corrected chi connectivity index (χ0v) is 18.8. The standard InChI is InChI=1S/C26H13ClF3NO5/c27-19-8-4-5-9-20(19)35-23-22(32)18-11-10-17(13-21(18)36-24(23)26(28,29)30)34-25(33)16(14-31)12-15-6-2-1-3-7-15/h1-13H/b16-12+. The molecule has 6 nitrogen and oxygen atoms in total. The third kappa shape index (κ3) is 5.24. The number of halogens is 4. The minimum absolute atomic E-state index is 0.00997. The Morgan fingerprint density at radius 3 is 2.39 bits per heavy atom. The van der Waals surface area contributed by atoms with Crippen LogP contribution in [0.15, 0.2) is 87.6 Å². The van der Waals surface area contributed by atoms with Crippen LogP contribution in [-0.4, -0.2) is 5.97 Å². The van der Waals surface area contributed by atoms with Crippen molar-refractivity contribution in [3.8, 4) is 23.3 Å². The number of ether oxygens (including phenoxy) is 2. The number of hydrogen-bond acceptors (Lipinski definition) is 6. The van der Waals surface area contributed by atoms with Crippen molar-refractivity contribution in [2.45, 2.75) is 6.18 Å². The molecule has 0 aliphatic heterocycles. The van der Waals surface area contributed by atoms with Crippen LogP contribution < -0.4 is 14.9 Å². The molecule has 0 unspecified atom stereocenters. The molecule has 0 aliphatic rings. The lowest BCUT2D eigenvalue weighted by Gasteiger charge is -2.14. The van der Waals surface area contributed by atoms with E-state index in [2.05, 4.69) is 0 Å². The van der Waals surface area contributed by atoms with Gasteiger partial charge in [-0.15, -0.1) is 0 Å². The molecule has 4 rings (SSSR count). The fourth-order valence-corrected chi connectivity index (χ4v) is 3.33. The number of carbonyl (C=O) groups excluding carboxylic acids is 1. The number of nitrogens with zero attached hydrogens (tertiary/aromatic N) is 1. The Morgan fingerprint density at radius 1 is 1.03 bits per heavy atom. The van der Waals surface area contributed by atoms with E-state index < -0.39 is 34.7 Å². The highest BCUT2D eigenvalue weighted by Crippen LogP contribution is 2.39. The number of benzene rings is 3. The molecule has 36 heavy (non-hydrogen) atoms. The molecule has 0 fully saturated rings. The number of alkyl halides is 3. The smallest absolute Gasteiger partial charge is 0.448 e. The van der Waals surface area contributed by atoms with Crippen molar-refractivity contribution in [1.82, 2.24) is 0 Å². The molecule has 0 saturated heterocycles. The summed E-state index contributed by atoms with van der Waals surface area (Å²) in [5, 5.41) is 9.04. The average Bonchev–Trinajstić information content (AvgIpc) is 2.85. The number of nitriles is 1. The van der Waals surface area contributed by atoms with Gasteiger partial charge in [0, 0.05) is 6.07 Å². The Balaban J connectivity index is 1.73. The molecule has 180 valence electrons. The first-order valence-corrected chi connectivity index (χ1v) is 10.5. The van der Waals surface area contributed by atoms with Crippen LogP contribution in [0.5, 0.6) is 17.2 Å². The summed E-state index contributed by atoms with van der Waals surface area (Å²) in [7, 11) is 0. The number of rotatable bonds is 5. The Bertz CT molecular complexity index is 1590. The lowest BCUT2D eigenvalue weighted by molar-refractivity contribution is -0.154. The van der Waals surface area contributed by atoms with Gasteiger partial charge in [-0.2, -0.15) is 18.4 Å². The topological polar surface area (TPSA) is 89.5 Å². The molecule has 1 aromatic heterocycles. The van der Waals surface area contributed by atoms with E-state index in [0.29, 0.717) is 5.56 Å². The van der Waals surface area contributed by atoms with Gasteiger partial charge in [0.25, 0.3) is 5.76 Å². The van der Waals surface area contributed by atoms with E-state index in [0.717, 1.165) is 12.1 Å². The van der Waals surface area contributed by atoms with E-state index >= 15 is 0 Å². The van der Waals surface area contributed by atoms with Crippen LogP contribution in [0.4, 0.5) is 13.2 Å². The van der Waals surface area contributed by atoms with Gasteiger partial charge in [0.15, 0.2) is 0 Å². The van der Waals surface area contributed by atoms with Gasteiger partial charge in [0.05, 0.1) is 10.4 Å². The van der Waals surface area contributed by atoms with Crippen molar-refractivity contribution >= 4 is 34.6 Å². The van der Waals surface area contributed by atoms with Crippen LogP contribution in [0.3, 0.4) is 0 Å². The Labute approximate surface area is 206 Å². The quantitative estimate of drug-likeness (QED) is 0.127. The Hall–Kier alpha value is -4.55. The number of para-hydroxylation sites is 1. The van der Waals surface area contributed by atoms with E-state index in [-0.39, 0.29) is 27.5 Å². The van der Waals surface area contributed by atoms with Gasteiger partial charge >= 0.3 is 12.1 Å². The first kappa shape index (κ1) is 24.6. The van der Waals surface area contributed by atoms with Crippen molar-refractivity contribution in [3.63, 3.8) is 0 Å². The van der Waals surface area contributed by atoms with Crippen LogP contribution in [0.2, 0.25) is 5.02 Å². The summed E-state index contributed by atoms with van der Waals surface area (Å²) in [6, 6.07) is 19.2. The van der Waals surface area contributed by atoms with Gasteiger partial charge in [0.1, 0.15) is 28.7 Å². The zero-order valence-electron chi connectivity index (χ0n) is 18.0. The molecule has 0 radical (unpaired) electrons. The third-order valence-corrected chi connectivity index (χ3v) is 5.10. The van der Waals surface area contributed by atoms with Crippen LogP contribution in [-0.2, 0) is 11.0 Å². The first-order valence-electron chi connectivity index (χ1n) is 10.2. The molecule has 0 N–H and O–H groups in total. The third-order valence-electron chi connectivity index (χ3n) is 4.79. The lowest BCUT2D eigenvalue weighted by Crippen LogP contribution is -2.16. The molecular weight excluding hydrogens is 499 g/mol. The number of hydrogen-bond donors (Lipinski definition) is 0.